The van der Waals surface area contributed by atoms with E-state index in [4.69, 9.17) is 5.73 Å². The Morgan fingerprint density at radius 2 is 2.11 bits per heavy atom. The van der Waals surface area contributed by atoms with Crippen LogP contribution in [0.25, 0.3) is 0 Å². The number of hydrogen-bond donors (Lipinski definition) is 2. The van der Waals surface area contributed by atoms with Crippen molar-refractivity contribution < 1.29 is 4.79 Å². The predicted molar refractivity (Wildman–Crippen MR) is 76.8 cm³/mol. The molecule has 0 fully saturated rings. The number of aromatic nitrogens is 1. The fourth-order valence-corrected chi connectivity index (χ4v) is 2.50. The molecule has 0 saturated heterocycles. The maximum absolute atomic E-state index is 12.0. The van der Waals surface area contributed by atoms with Gasteiger partial charge in [-0.15, -0.1) is 11.3 Å². The number of carbonyl (C=O) groups is 1. The molecular weight excluding hydrogens is 246 g/mol. The van der Waals surface area contributed by atoms with E-state index in [1.54, 1.807) is 0 Å². The first kappa shape index (κ1) is 15.1. The van der Waals surface area contributed by atoms with E-state index in [9.17, 15) is 4.79 Å². The molecule has 1 aromatic rings. The van der Waals surface area contributed by atoms with Crippen LogP contribution in [0.15, 0.2) is 5.38 Å². The lowest BCUT2D eigenvalue weighted by Gasteiger charge is -2.17. The Morgan fingerprint density at radius 3 is 2.50 bits per heavy atom. The monoisotopic (exact) mass is 269 g/mol. The van der Waals surface area contributed by atoms with E-state index >= 15 is 0 Å². The summed E-state index contributed by atoms with van der Waals surface area (Å²) in [4.78, 5) is 16.5. The van der Waals surface area contributed by atoms with Gasteiger partial charge in [0, 0.05) is 17.3 Å². The molecule has 0 aromatic carbocycles. The van der Waals surface area contributed by atoms with Crippen molar-refractivity contribution in [3.05, 3.63) is 11.1 Å². The highest BCUT2D eigenvalue weighted by Crippen LogP contribution is 2.26. The van der Waals surface area contributed by atoms with Crippen LogP contribution in [0.2, 0.25) is 0 Å². The standard InChI is InChI=1S/C13H23N3OS/c1-8(2)9(6-14)11(17)16-12-15-10(7-18-12)13(3,4)5/h7-9H,6,14H2,1-5H3,(H,15,16,17). The van der Waals surface area contributed by atoms with Crippen molar-refractivity contribution in [3.8, 4) is 0 Å². The van der Waals surface area contributed by atoms with Crippen LogP contribution in [-0.2, 0) is 10.2 Å². The van der Waals surface area contributed by atoms with Gasteiger partial charge >= 0.3 is 0 Å². The van der Waals surface area contributed by atoms with Gasteiger partial charge in [-0.2, -0.15) is 0 Å². The van der Waals surface area contributed by atoms with Crippen molar-refractivity contribution >= 4 is 22.4 Å². The molecule has 4 nitrogen and oxygen atoms in total. The van der Waals surface area contributed by atoms with E-state index in [0.29, 0.717) is 11.7 Å². The minimum absolute atomic E-state index is 0.00476. The van der Waals surface area contributed by atoms with Crippen molar-refractivity contribution in [1.29, 1.82) is 0 Å². The average Bonchev–Trinajstić information content (AvgIpc) is 2.65. The van der Waals surface area contributed by atoms with Crippen LogP contribution in [0, 0.1) is 11.8 Å². The zero-order valence-corrected chi connectivity index (χ0v) is 12.6. The Bertz CT molecular complexity index is 407. The molecule has 0 aliphatic heterocycles. The smallest absolute Gasteiger partial charge is 0.230 e. The average molecular weight is 269 g/mol. The van der Waals surface area contributed by atoms with Crippen molar-refractivity contribution in [2.45, 2.75) is 40.0 Å². The lowest BCUT2D eigenvalue weighted by molar-refractivity contribution is -0.120. The van der Waals surface area contributed by atoms with E-state index in [0.717, 1.165) is 5.69 Å². The molecule has 1 amide bonds. The Kier molecular flexibility index (Phi) is 4.87. The van der Waals surface area contributed by atoms with Crippen LogP contribution in [0.3, 0.4) is 0 Å². The van der Waals surface area contributed by atoms with Crippen molar-refractivity contribution in [2.75, 3.05) is 11.9 Å². The molecular formula is C13H23N3OS. The summed E-state index contributed by atoms with van der Waals surface area (Å²) in [6.45, 7) is 10.7. The number of nitrogens with zero attached hydrogens (tertiary/aromatic N) is 1. The number of nitrogens with one attached hydrogen (secondary N) is 1. The maximum Gasteiger partial charge on any atom is 0.230 e. The van der Waals surface area contributed by atoms with Crippen LogP contribution in [0.5, 0.6) is 0 Å². The van der Waals surface area contributed by atoms with Gasteiger partial charge in [0.05, 0.1) is 11.6 Å². The van der Waals surface area contributed by atoms with Gasteiger partial charge in [-0.1, -0.05) is 34.6 Å². The summed E-state index contributed by atoms with van der Waals surface area (Å²) in [6, 6.07) is 0. The number of hydrogen-bond acceptors (Lipinski definition) is 4. The Hall–Kier alpha value is -0.940. The number of nitrogens with two attached hydrogens (primary N) is 1. The zero-order valence-electron chi connectivity index (χ0n) is 11.8. The molecule has 0 spiro atoms. The molecule has 1 atom stereocenters. The molecule has 102 valence electrons. The normalized spacial score (nSPS) is 13.7. The lowest BCUT2D eigenvalue weighted by Crippen LogP contribution is -2.33. The summed E-state index contributed by atoms with van der Waals surface area (Å²) in [5.41, 5.74) is 6.63. The zero-order chi connectivity index (χ0) is 13.9. The first-order chi connectivity index (χ1) is 8.25. The minimum Gasteiger partial charge on any atom is -0.330 e. The van der Waals surface area contributed by atoms with Gasteiger partial charge in [0.25, 0.3) is 0 Å². The Balaban J connectivity index is 2.74. The SMILES string of the molecule is CC(C)C(CN)C(=O)Nc1nc(C(C)(C)C)cs1. The van der Waals surface area contributed by atoms with Crippen LogP contribution in [0.1, 0.15) is 40.3 Å². The van der Waals surface area contributed by atoms with Gasteiger partial charge in [-0.3, -0.25) is 4.79 Å². The van der Waals surface area contributed by atoms with Gasteiger partial charge in [0.15, 0.2) is 5.13 Å². The third kappa shape index (κ3) is 3.78. The number of carbonyl (C=O) groups excluding carboxylic acids is 1. The van der Waals surface area contributed by atoms with Gasteiger partial charge in [0.2, 0.25) is 5.91 Å². The molecule has 0 radical (unpaired) electrons. The minimum atomic E-state index is -0.160. The summed E-state index contributed by atoms with van der Waals surface area (Å²) < 4.78 is 0. The number of anilines is 1. The fraction of sp³-hybridized carbons (Fsp3) is 0.692. The van der Waals surface area contributed by atoms with Gasteiger partial charge in [-0.25, -0.2) is 4.98 Å². The topological polar surface area (TPSA) is 68.0 Å². The molecule has 0 saturated carbocycles. The largest absolute Gasteiger partial charge is 0.330 e. The van der Waals surface area contributed by atoms with Crippen LogP contribution >= 0.6 is 11.3 Å². The van der Waals surface area contributed by atoms with Crippen LogP contribution < -0.4 is 11.1 Å². The molecule has 0 aliphatic rings. The van der Waals surface area contributed by atoms with E-state index in [-0.39, 0.29) is 23.2 Å². The molecule has 1 heterocycles. The molecule has 18 heavy (non-hydrogen) atoms. The van der Waals surface area contributed by atoms with Gasteiger partial charge in [0.1, 0.15) is 0 Å². The third-order valence-corrected chi connectivity index (χ3v) is 3.66. The van der Waals surface area contributed by atoms with E-state index < -0.39 is 0 Å². The second-order valence-electron chi connectivity index (χ2n) is 5.86. The first-order valence-corrected chi connectivity index (χ1v) is 7.10. The van der Waals surface area contributed by atoms with E-state index in [1.807, 2.05) is 19.2 Å². The van der Waals surface area contributed by atoms with Crippen LogP contribution in [-0.4, -0.2) is 17.4 Å². The second kappa shape index (κ2) is 5.80. The number of thiazole rings is 1. The van der Waals surface area contributed by atoms with E-state index in [1.165, 1.54) is 11.3 Å². The molecule has 5 heteroatoms. The highest BCUT2D eigenvalue weighted by molar-refractivity contribution is 7.13. The number of amides is 1. The summed E-state index contributed by atoms with van der Waals surface area (Å²) in [5, 5.41) is 5.50. The molecule has 0 bridgehead atoms. The predicted octanol–water partition coefficient (Wildman–Crippen LogP) is 2.61. The molecule has 3 N–H and O–H groups in total. The van der Waals surface area contributed by atoms with Crippen LogP contribution in [0.4, 0.5) is 5.13 Å². The van der Waals surface area contributed by atoms with Gasteiger partial charge in [-0.05, 0) is 5.92 Å². The fourth-order valence-electron chi connectivity index (χ4n) is 1.56. The molecule has 0 aliphatic carbocycles. The molecule has 1 aromatic heterocycles. The first-order valence-electron chi connectivity index (χ1n) is 6.22. The molecule has 1 unspecified atom stereocenters. The quantitative estimate of drug-likeness (QED) is 0.883. The summed E-state index contributed by atoms with van der Waals surface area (Å²) >= 11 is 1.46. The summed E-state index contributed by atoms with van der Waals surface area (Å²) in [5.74, 6) is 0.0337. The Labute approximate surface area is 113 Å². The van der Waals surface area contributed by atoms with Crippen molar-refractivity contribution in [3.63, 3.8) is 0 Å². The van der Waals surface area contributed by atoms with Gasteiger partial charge < -0.3 is 11.1 Å². The Morgan fingerprint density at radius 1 is 1.50 bits per heavy atom. The van der Waals surface area contributed by atoms with Crippen molar-refractivity contribution in [2.24, 2.45) is 17.6 Å². The highest BCUT2D eigenvalue weighted by Gasteiger charge is 2.23. The molecule has 1 rings (SSSR count). The summed E-state index contributed by atoms with van der Waals surface area (Å²) in [7, 11) is 0. The highest BCUT2D eigenvalue weighted by atomic mass is 32.1. The third-order valence-electron chi connectivity index (χ3n) is 2.90. The van der Waals surface area contributed by atoms with Crippen molar-refractivity contribution in [1.82, 2.24) is 4.98 Å². The van der Waals surface area contributed by atoms with E-state index in [2.05, 4.69) is 31.1 Å². The summed E-state index contributed by atoms with van der Waals surface area (Å²) in [6.07, 6.45) is 0. The lowest BCUT2D eigenvalue weighted by atomic mass is 9.93. The second-order valence-corrected chi connectivity index (χ2v) is 6.72. The number of rotatable bonds is 4. The maximum atomic E-state index is 12.0.